The quantitative estimate of drug-likeness (QED) is 0.203. The molecule has 1 saturated heterocycles. The summed E-state index contributed by atoms with van der Waals surface area (Å²) in [6.07, 6.45) is 3.49. The van der Waals surface area contributed by atoms with Crippen molar-refractivity contribution in [3.05, 3.63) is 29.8 Å². The lowest BCUT2D eigenvalue weighted by atomic mass is 10.1. The number of hydrogen-bond donors (Lipinski definition) is 3. The van der Waals surface area contributed by atoms with Crippen molar-refractivity contribution in [1.29, 1.82) is 0 Å². The van der Waals surface area contributed by atoms with E-state index in [1.54, 1.807) is 31.4 Å². The van der Waals surface area contributed by atoms with Crippen LogP contribution in [0.15, 0.2) is 29.3 Å². The second kappa shape index (κ2) is 14.4. The molecule has 1 aliphatic heterocycles. The molecule has 0 saturated carbocycles. The van der Waals surface area contributed by atoms with E-state index in [4.69, 9.17) is 4.74 Å². The van der Waals surface area contributed by atoms with Gasteiger partial charge in [0.05, 0.1) is 13.7 Å². The zero-order valence-electron chi connectivity index (χ0n) is 17.9. The van der Waals surface area contributed by atoms with E-state index in [-0.39, 0.29) is 29.9 Å². The molecule has 0 atom stereocenters. The van der Waals surface area contributed by atoms with Gasteiger partial charge in [-0.2, -0.15) is 0 Å². The van der Waals surface area contributed by atoms with Crippen LogP contribution in [0.25, 0.3) is 0 Å². The highest BCUT2D eigenvalue weighted by molar-refractivity contribution is 14.0. The zero-order valence-corrected chi connectivity index (χ0v) is 20.2. The molecule has 3 N–H and O–H groups in total. The van der Waals surface area contributed by atoms with E-state index in [1.807, 2.05) is 0 Å². The SMILES string of the molecule is CCCN1CCC(NC(=NCCNC(=O)c2ccc(OC)cc2)NCC)CC1.I. The number of ether oxygens (including phenoxy) is 1. The normalized spacial score (nSPS) is 15.3. The molecule has 1 fully saturated rings. The molecular weight excluding hydrogens is 481 g/mol. The van der Waals surface area contributed by atoms with Gasteiger partial charge in [0, 0.05) is 37.8 Å². The van der Waals surface area contributed by atoms with Crippen LogP contribution in [0.2, 0.25) is 0 Å². The Morgan fingerprint density at radius 3 is 2.45 bits per heavy atom. The second-order valence-corrected chi connectivity index (χ2v) is 7.01. The minimum absolute atomic E-state index is 0. The Balaban J connectivity index is 0.00000420. The Bertz CT molecular complexity index is 616. The topological polar surface area (TPSA) is 78.0 Å². The number of benzene rings is 1. The maximum atomic E-state index is 12.2. The Labute approximate surface area is 192 Å². The Hall–Kier alpha value is -1.55. The summed E-state index contributed by atoms with van der Waals surface area (Å²) in [5, 5.41) is 9.74. The van der Waals surface area contributed by atoms with E-state index in [1.165, 1.54) is 13.0 Å². The van der Waals surface area contributed by atoms with Crippen LogP contribution >= 0.6 is 24.0 Å². The molecule has 7 nitrogen and oxygen atoms in total. The van der Waals surface area contributed by atoms with Gasteiger partial charge in [-0.3, -0.25) is 9.79 Å². The number of aliphatic imine (C=N–C) groups is 1. The first-order valence-corrected chi connectivity index (χ1v) is 10.4. The van der Waals surface area contributed by atoms with Crippen molar-refractivity contribution < 1.29 is 9.53 Å². The molecule has 0 spiro atoms. The number of likely N-dealkylation sites (tertiary alicyclic amines) is 1. The number of piperidine rings is 1. The van der Waals surface area contributed by atoms with Crippen molar-refractivity contribution in [1.82, 2.24) is 20.9 Å². The number of methoxy groups -OCH3 is 1. The summed E-state index contributed by atoms with van der Waals surface area (Å²) < 4.78 is 5.11. The fourth-order valence-corrected chi connectivity index (χ4v) is 3.31. The van der Waals surface area contributed by atoms with E-state index >= 15 is 0 Å². The highest BCUT2D eigenvalue weighted by Crippen LogP contribution is 2.11. The summed E-state index contributed by atoms with van der Waals surface area (Å²) >= 11 is 0. The predicted octanol–water partition coefficient (Wildman–Crippen LogP) is 2.47. The highest BCUT2D eigenvalue weighted by Gasteiger charge is 2.19. The number of halogens is 1. The van der Waals surface area contributed by atoms with E-state index in [2.05, 4.69) is 39.7 Å². The molecule has 1 aliphatic rings. The van der Waals surface area contributed by atoms with Gasteiger partial charge in [0.1, 0.15) is 5.75 Å². The summed E-state index contributed by atoms with van der Waals surface area (Å²) in [7, 11) is 1.61. The third-order valence-electron chi connectivity index (χ3n) is 4.83. The largest absolute Gasteiger partial charge is 0.497 e. The first-order valence-electron chi connectivity index (χ1n) is 10.4. The van der Waals surface area contributed by atoms with E-state index < -0.39 is 0 Å². The first kappa shape index (κ1) is 25.5. The number of nitrogens with zero attached hydrogens (tertiary/aromatic N) is 2. The van der Waals surface area contributed by atoms with Crippen LogP contribution in [-0.4, -0.2) is 69.2 Å². The maximum absolute atomic E-state index is 12.2. The molecule has 1 aromatic carbocycles. The predicted molar refractivity (Wildman–Crippen MR) is 130 cm³/mol. The van der Waals surface area contributed by atoms with Crippen LogP contribution in [0.5, 0.6) is 5.75 Å². The summed E-state index contributed by atoms with van der Waals surface area (Å²) in [5.74, 6) is 1.47. The summed E-state index contributed by atoms with van der Waals surface area (Å²) in [4.78, 5) is 19.3. The number of guanidine groups is 1. The van der Waals surface area contributed by atoms with Gasteiger partial charge in [0.2, 0.25) is 0 Å². The van der Waals surface area contributed by atoms with Crippen LogP contribution in [0.3, 0.4) is 0 Å². The fourth-order valence-electron chi connectivity index (χ4n) is 3.31. The maximum Gasteiger partial charge on any atom is 0.251 e. The summed E-state index contributed by atoms with van der Waals surface area (Å²) in [5.41, 5.74) is 0.619. The molecule has 8 heteroatoms. The second-order valence-electron chi connectivity index (χ2n) is 7.01. The Kier molecular flexibility index (Phi) is 12.7. The molecule has 164 valence electrons. The Morgan fingerprint density at radius 1 is 1.17 bits per heavy atom. The standard InChI is InChI=1S/C21H35N5O2.HI/c1-4-14-26-15-10-18(11-16-26)25-21(22-5-2)24-13-12-23-20(27)17-6-8-19(28-3)9-7-17;/h6-9,18H,4-5,10-16H2,1-3H3,(H,23,27)(H2,22,24,25);1H. The molecule has 1 amide bonds. The van der Waals surface area contributed by atoms with Gasteiger partial charge in [-0.25, -0.2) is 0 Å². The monoisotopic (exact) mass is 517 g/mol. The smallest absolute Gasteiger partial charge is 0.251 e. The van der Waals surface area contributed by atoms with Crippen LogP contribution in [0.1, 0.15) is 43.5 Å². The molecule has 0 aliphatic carbocycles. The average Bonchev–Trinajstić information content (AvgIpc) is 2.72. The van der Waals surface area contributed by atoms with E-state index in [0.29, 0.717) is 24.7 Å². The lowest BCUT2D eigenvalue weighted by Gasteiger charge is -2.32. The lowest BCUT2D eigenvalue weighted by Crippen LogP contribution is -2.49. The molecule has 0 unspecified atom stereocenters. The van der Waals surface area contributed by atoms with Gasteiger partial charge in [-0.15, -0.1) is 24.0 Å². The van der Waals surface area contributed by atoms with Crippen LogP contribution in [0, 0.1) is 0 Å². The number of hydrogen-bond acceptors (Lipinski definition) is 4. The van der Waals surface area contributed by atoms with Gasteiger partial charge < -0.3 is 25.6 Å². The molecule has 0 aromatic heterocycles. The molecule has 2 rings (SSSR count). The average molecular weight is 517 g/mol. The number of nitrogens with one attached hydrogen (secondary N) is 3. The minimum atomic E-state index is -0.0980. The van der Waals surface area contributed by atoms with Gasteiger partial charge in [0.25, 0.3) is 5.91 Å². The van der Waals surface area contributed by atoms with Crippen LogP contribution < -0.4 is 20.7 Å². The van der Waals surface area contributed by atoms with Crippen LogP contribution in [0.4, 0.5) is 0 Å². The highest BCUT2D eigenvalue weighted by atomic mass is 127. The molecule has 1 heterocycles. The fraction of sp³-hybridized carbons (Fsp3) is 0.619. The third kappa shape index (κ3) is 9.20. The first-order chi connectivity index (χ1) is 13.7. The minimum Gasteiger partial charge on any atom is -0.497 e. The van der Waals surface area contributed by atoms with E-state index in [9.17, 15) is 4.79 Å². The number of rotatable bonds is 9. The number of carbonyl (C=O) groups excluding carboxylic acids is 1. The molecule has 0 radical (unpaired) electrons. The summed E-state index contributed by atoms with van der Waals surface area (Å²) in [6, 6.07) is 7.54. The van der Waals surface area contributed by atoms with Crippen molar-refractivity contribution in [2.24, 2.45) is 4.99 Å². The van der Waals surface area contributed by atoms with Crippen molar-refractivity contribution in [3.63, 3.8) is 0 Å². The molecule has 1 aromatic rings. The number of carbonyl (C=O) groups is 1. The molecule has 29 heavy (non-hydrogen) atoms. The van der Waals surface area contributed by atoms with Crippen LogP contribution in [-0.2, 0) is 0 Å². The number of amides is 1. The van der Waals surface area contributed by atoms with Crippen molar-refractivity contribution in [2.75, 3.05) is 46.4 Å². The van der Waals surface area contributed by atoms with Crippen molar-refractivity contribution >= 4 is 35.8 Å². The van der Waals surface area contributed by atoms with Gasteiger partial charge in [-0.1, -0.05) is 6.92 Å². The van der Waals surface area contributed by atoms with Gasteiger partial charge in [0.15, 0.2) is 5.96 Å². The van der Waals surface area contributed by atoms with E-state index in [0.717, 1.165) is 44.2 Å². The van der Waals surface area contributed by atoms with Gasteiger partial charge >= 0.3 is 0 Å². The lowest BCUT2D eigenvalue weighted by molar-refractivity contribution is 0.0954. The Morgan fingerprint density at radius 2 is 1.86 bits per heavy atom. The van der Waals surface area contributed by atoms with Crippen molar-refractivity contribution in [3.8, 4) is 5.75 Å². The van der Waals surface area contributed by atoms with Gasteiger partial charge in [-0.05, 0) is 57.0 Å². The van der Waals surface area contributed by atoms with Crippen molar-refractivity contribution in [2.45, 2.75) is 39.2 Å². The molecule has 0 bridgehead atoms. The molecular formula is C21H36IN5O2. The third-order valence-corrected chi connectivity index (χ3v) is 4.83. The zero-order chi connectivity index (χ0) is 20.2. The summed E-state index contributed by atoms with van der Waals surface area (Å²) in [6.45, 7) is 9.61.